The van der Waals surface area contributed by atoms with Gasteiger partial charge in [-0.3, -0.25) is 5.43 Å². The van der Waals surface area contributed by atoms with Gasteiger partial charge >= 0.3 is 0 Å². The number of hydrogen-bond acceptors (Lipinski definition) is 3. The van der Waals surface area contributed by atoms with Crippen LogP contribution in [0.4, 0.5) is 5.69 Å². The number of hydrazone groups is 1. The molecule has 0 aliphatic carbocycles. The van der Waals surface area contributed by atoms with Gasteiger partial charge in [-0.1, -0.05) is 31.0 Å². The standard InChI is InChI=1S/C18H20ClN3OS/c1-2-3-11-23-17-9-7-14(8-10-17)13-20-22-18(24)21-16-6-4-5-15(19)12-16/h4-10,12-13H,2-3,11H2,1H3,(H2,21,22,24)/b20-13+. The predicted molar refractivity (Wildman–Crippen MR) is 105 cm³/mol. The van der Waals surface area contributed by atoms with Crippen molar-refractivity contribution in [3.63, 3.8) is 0 Å². The van der Waals surface area contributed by atoms with E-state index < -0.39 is 0 Å². The Kier molecular flexibility index (Phi) is 7.52. The second-order valence-corrected chi connectivity index (χ2v) is 5.95. The Labute approximate surface area is 152 Å². The first kappa shape index (κ1) is 18.2. The number of halogens is 1. The molecule has 0 spiro atoms. The molecule has 0 saturated carbocycles. The minimum atomic E-state index is 0.396. The van der Waals surface area contributed by atoms with Gasteiger partial charge in [0, 0.05) is 10.7 Å². The lowest BCUT2D eigenvalue weighted by Crippen LogP contribution is -2.23. The van der Waals surface area contributed by atoms with Gasteiger partial charge in [-0.05, 0) is 66.7 Å². The molecule has 0 aromatic heterocycles. The maximum Gasteiger partial charge on any atom is 0.191 e. The highest BCUT2D eigenvalue weighted by Crippen LogP contribution is 2.14. The molecule has 2 N–H and O–H groups in total. The van der Waals surface area contributed by atoms with Gasteiger partial charge in [0.2, 0.25) is 0 Å². The van der Waals surface area contributed by atoms with E-state index in [2.05, 4.69) is 22.8 Å². The molecular formula is C18H20ClN3OS. The Bertz CT molecular complexity index is 689. The predicted octanol–water partition coefficient (Wildman–Crippen LogP) is 4.84. The van der Waals surface area contributed by atoms with Crippen molar-refractivity contribution in [1.29, 1.82) is 0 Å². The average Bonchev–Trinajstić information content (AvgIpc) is 2.56. The molecule has 126 valence electrons. The summed E-state index contributed by atoms with van der Waals surface area (Å²) in [4.78, 5) is 0. The maximum atomic E-state index is 5.92. The Morgan fingerprint density at radius 2 is 2.04 bits per heavy atom. The van der Waals surface area contributed by atoms with Crippen LogP contribution in [0.2, 0.25) is 5.02 Å². The summed E-state index contributed by atoms with van der Waals surface area (Å²) in [5, 5.41) is 8.16. The number of nitrogens with zero attached hydrogens (tertiary/aromatic N) is 1. The van der Waals surface area contributed by atoms with Crippen molar-refractivity contribution in [3.8, 4) is 5.75 Å². The number of anilines is 1. The largest absolute Gasteiger partial charge is 0.494 e. The summed E-state index contributed by atoms with van der Waals surface area (Å²) >= 11 is 11.1. The highest BCUT2D eigenvalue weighted by atomic mass is 35.5. The van der Waals surface area contributed by atoms with Crippen LogP contribution in [0.25, 0.3) is 0 Å². The maximum absolute atomic E-state index is 5.92. The summed E-state index contributed by atoms with van der Waals surface area (Å²) in [5.74, 6) is 0.867. The SMILES string of the molecule is CCCCOc1ccc(/C=N/NC(=S)Nc2cccc(Cl)c2)cc1. The molecule has 4 nitrogen and oxygen atoms in total. The molecule has 0 bridgehead atoms. The van der Waals surface area contributed by atoms with Crippen LogP contribution in [0, 0.1) is 0 Å². The van der Waals surface area contributed by atoms with Gasteiger partial charge < -0.3 is 10.1 Å². The monoisotopic (exact) mass is 361 g/mol. The van der Waals surface area contributed by atoms with Gasteiger partial charge in [0.25, 0.3) is 0 Å². The molecule has 0 heterocycles. The molecular weight excluding hydrogens is 342 g/mol. The molecule has 2 aromatic carbocycles. The summed E-state index contributed by atoms with van der Waals surface area (Å²) < 4.78 is 5.62. The van der Waals surface area contributed by atoms with Crippen LogP contribution in [0.5, 0.6) is 5.75 Å². The van der Waals surface area contributed by atoms with E-state index in [1.54, 1.807) is 18.3 Å². The lowest BCUT2D eigenvalue weighted by atomic mass is 10.2. The summed E-state index contributed by atoms with van der Waals surface area (Å²) in [6.07, 6.45) is 3.88. The second kappa shape index (κ2) is 9.90. The quantitative estimate of drug-likeness (QED) is 0.320. The zero-order chi connectivity index (χ0) is 17.2. The van der Waals surface area contributed by atoms with E-state index in [9.17, 15) is 0 Å². The van der Waals surface area contributed by atoms with Crippen LogP contribution < -0.4 is 15.5 Å². The van der Waals surface area contributed by atoms with Crippen LogP contribution in [0.3, 0.4) is 0 Å². The number of rotatable bonds is 7. The van der Waals surface area contributed by atoms with Crippen LogP contribution in [-0.2, 0) is 0 Å². The Morgan fingerprint density at radius 1 is 1.25 bits per heavy atom. The van der Waals surface area contributed by atoms with Crippen molar-refractivity contribution in [1.82, 2.24) is 5.43 Å². The summed E-state index contributed by atoms with van der Waals surface area (Å²) in [6, 6.07) is 15.1. The first-order valence-corrected chi connectivity index (χ1v) is 8.54. The molecule has 2 rings (SSSR count). The Morgan fingerprint density at radius 3 is 2.75 bits per heavy atom. The number of hydrogen-bond donors (Lipinski definition) is 2. The molecule has 6 heteroatoms. The van der Waals surface area contributed by atoms with E-state index in [1.165, 1.54) is 0 Å². The second-order valence-electron chi connectivity index (χ2n) is 5.11. The minimum Gasteiger partial charge on any atom is -0.494 e. The molecule has 2 aromatic rings. The van der Waals surface area contributed by atoms with Gasteiger partial charge in [0.05, 0.1) is 12.8 Å². The zero-order valence-corrected chi connectivity index (χ0v) is 15.0. The Balaban J connectivity index is 1.79. The first-order valence-electron chi connectivity index (χ1n) is 7.76. The highest BCUT2D eigenvalue weighted by molar-refractivity contribution is 7.80. The lowest BCUT2D eigenvalue weighted by molar-refractivity contribution is 0.309. The fourth-order valence-corrected chi connectivity index (χ4v) is 2.24. The molecule has 0 aliphatic rings. The Hall–Kier alpha value is -2.11. The smallest absolute Gasteiger partial charge is 0.191 e. The van der Waals surface area contributed by atoms with Crippen molar-refractivity contribution in [2.24, 2.45) is 5.10 Å². The van der Waals surface area contributed by atoms with Crippen molar-refractivity contribution in [2.75, 3.05) is 11.9 Å². The normalized spacial score (nSPS) is 10.6. The molecule has 0 radical (unpaired) electrons. The van der Waals surface area contributed by atoms with Crippen LogP contribution in [0.15, 0.2) is 53.6 Å². The van der Waals surface area contributed by atoms with Crippen molar-refractivity contribution < 1.29 is 4.74 Å². The van der Waals surface area contributed by atoms with E-state index in [1.807, 2.05) is 36.4 Å². The topological polar surface area (TPSA) is 45.6 Å². The number of thiocarbonyl (C=S) groups is 1. The number of ether oxygens (including phenoxy) is 1. The third-order valence-electron chi connectivity index (χ3n) is 3.11. The molecule has 0 atom stereocenters. The molecule has 0 amide bonds. The van der Waals surface area contributed by atoms with Gasteiger partial charge in [-0.15, -0.1) is 0 Å². The summed E-state index contributed by atoms with van der Waals surface area (Å²) in [7, 11) is 0. The number of nitrogens with one attached hydrogen (secondary N) is 2. The zero-order valence-electron chi connectivity index (χ0n) is 13.5. The fraction of sp³-hybridized carbons (Fsp3) is 0.222. The minimum absolute atomic E-state index is 0.396. The molecule has 0 saturated heterocycles. The van der Waals surface area contributed by atoms with Gasteiger partial charge in [0.1, 0.15) is 5.75 Å². The van der Waals surface area contributed by atoms with E-state index in [0.717, 1.165) is 36.4 Å². The highest BCUT2D eigenvalue weighted by Gasteiger charge is 1.97. The lowest BCUT2D eigenvalue weighted by Gasteiger charge is -2.07. The van der Waals surface area contributed by atoms with E-state index in [-0.39, 0.29) is 0 Å². The number of unbranched alkanes of at least 4 members (excludes halogenated alkanes) is 1. The average molecular weight is 362 g/mol. The summed E-state index contributed by atoms with van der Waals surface area (Å²) in [6.45, 7) is 2.89. The third-order valence-corrected chi connectivity index (χ3v) is 3.54. The molecule has 0 unspecified atom stereocenters. The molecule has 0 aliphatic heterocycles. The molecule has 0 fully saturated rings. The van der Waals surface area contributed by atoms with Crippen LogP contribution in [-0.4, -0.2) is 17.9 Å². The van der Waals surface area contributed by atoms with Crippen molar-refractivity contribution in [2.45, 2.75) is 19.8 Å². The third kappa shape index (κ3) is 6.56. The van der Waals surface area contributed by atoms with E-state index in [4.69, 9.17) is 28.6 Å². The van der Waals surface area contributed by atoms with Crippen LogP contribution >= 0.6 is 23.8 Å². The van der Waals surface area contributed by atoms with E-state index in [0.29, 0.717) is 10.1 Å². The fourth-order valence-electron chi connectivity index (χ4n) is 1.88. The van der Waals surface area contributed by atoms with Crippen LogP contribution in [0.1, 0.15) is 25.3 Å². The van der Waals surface area contributed by atoms with Gasteiger partial charge in [-0.2, -0.15) is 5.10 Å². The first-order chi connectivity index (χ1) is 11.7. The van der Waals surface area contributed by atoms with E-state index >= 15 is 0 Å². The molecule has 24 heavy (non-hydrogen) atoms. The number of benzene rings is 2. The van der Waals surface area contributed by atoms with Gasteiger partial charge in [0.15, 0.2) is 5.11 Å². The van der Waals surface area contributed by atoms with Gasteiger partial charge in [-0.25, -0.2) is 0 Å². The summed E-state index contributed by atoms with van der Waals surface area (Å²) in [5.41, 5.74) is 4.53. The van der Waals surface area contributed by atoms with Crippen molar-refractivity contribution in [3.05, 3.63) is 59.1 Å². The van der Waals surface area contributed by atoms with Crippen molar-refractivity contribution >= 4 is 40.8 Å².